The summed E-state index contributed by atoms with van der Waals surface area (Å²) in [5.41, 5.74) is 2.13. The van der Waals surface area contributed by atoms with Crippen molar-refractivity contribution in [3.8, 4) is 6.07 Å². The van der Waals surface area contributed by atoms with Gasteiger partial charge in [-0.3, -0.25) is 0 Å². The molecule has 1 nitrogen and oxygen atoms in total. The average molecular weight is 229 g/mol. The van der Waals surface area contributed by atoms with Gasteiger partial charge in [0, 0.05) is 0 Å². The van der Waals surface area contributed by atoms with E-state index in [4.69, 9.17) is 5.26 Å². The molecule has 0 heterocycles. The van der Waals surface area contributed by atoms with Crippen LogP contribution in [0, 0.1) is 17.2 Å². The van der Waals surface area contributed by atoms with Crippen molar-refractivity contribution < 1.29 is 0 Å². The van der Waals surface area contributed by atoms with Crippen LogP contribution in [0.4, 0.5) is 0 Å². The van der Waals surface area contributed by atoms with E-state index in [9.17, 15) is 0 Å². The Morgan fingerprint density at radius 1 is 1.06 bits per heavy atom. The summed E-state index contributed by atoms with van der Waals surface area (Å²) in [6, 6.07) is 10.2. The van der Waals surface area contributed by atoms with Gasteiger partial charge in [-0.1, -0.05) is 58.1 Å². The highest BCUT2D eigenvalue weighted by Crippen LogP contribution is 2.20. The predicted octanol–water partition coefficient (Wildman–Crippen LogP) is 4.71. The molecule has 92 valence electrons. The third-order valence-electron chi connectivity index (χ3n) is 3.27. The van der Waals surface area contributed by atoms with Gasteiger partial charge in [0.15, 0.2) is 0 Å². The molecular formula is C16H23N. The molecule has 1 aromatic carbocycles. The fourth-order valence-electron chi connectivity index (χ4n) is 2.30. The lowest BCUT2D eigenvalue weighted by atomic mass is 9.90. The molecule has 0 aliphatic rings. The molecule has 0 saturated carbocycles. The fraction of sp³-hybridized carbons (Fsp3) is 0.562. The van der Waals surface area contributed by atoms with Crippen LogP contribution in [0.2, 0.25) is 0 Å². The predicted molar refractivity (Wildman–Crippen MR) is 72.8 cm³/mol. The Hall–Kier alpha value is -1.29. The molecule has 0 bridgehead atoms. The quantitative estimate of drug-likeness (QED) is 0.664. The SMILES string of the molecule is CCCCC(CCC)Cc1ccc(C#N)cc1. The number of hydrogen-bond acceptors (Lipinski definition) is 1. The van der Waals surface area contributed by atoms with E-state index in [0.29, 0.717) is 0 Å². The molecule has 1 atom stereocenters. The molecule has 0 aliphatic carbocycles. The summed E-state index contributed by atoms with van der Waals surface area (Å²) in [5.74, 6) is 0.813. The molecule has 0 fully saturated rings. The normalized spacial score (nSPS) is 12.1. The minimum atomic E-state index is 0.759. The Labute approximate surface area is 105 Å². The van der Waals surface area contributed by atoms with Gasteiger partial charge in [-0.05, 0) is 30.0 Å². The first-order valence-electron chi connectivity index (χ1n) is 6.79. The van der Waals surface area contributed by atoms with Gasteiger partial charge in [0.05, 0.1) is 11.6 Å². The summed E-state index contributed by atoms with van der Waals surface area (Å²) in [7, 11) is 0. The van der Waals surface area contributed by atoms with Crippen LogP contribution in [0.1, 0.15) is 57.1 Å². The highest BCUT2D eigenvalue weighted by Gasteiger charge is 2.08. The summed E-state index contributed by atoms with van der Waals surface area (Å²) in [5, 5.41) is 8.76. The number of hydrogen-bond donors (Lipinski definition) is 0. The highest BCUT2D eigenvalue weighted by atomic mass is 14.2. The summed E-state index contributed by atoms with van der Waals surface area (Å²) in [4.78, 5) is 0. The third-order valence-corrected chi connectivity index (χ3v) is 3.27. The Balaban J connectivity index is 2.55. The molecule has 1 unspecified atom stereocenters. The largest absolute Gasteiger partial charge is 0.192 e. The third kappa shape index (κ3) is 5.04. The van der Waals surface area contributed by atoms with E-state index in [0.717, 1.165) is 11.5 Å². The monoisotopic (exact) mass is 229 g/mol. The fourth-order valence-corrected chi connectivity index (χ4v) is 2.30. The number of unbranched alkanes of at least 4 members (excludes halogenated alkanes) is 1. The minimum absolute atomic E-state index is 0.759. The molecule has 0 saturated heterocycles. The van der Waals surface area contributed by atoms with E-state index in [1.165, 1.54) is 44.1 Å². The van der Waals surface area contributed by atoms with Gasteiger partial charge in [-0.2, -0.15) is 5.26 Å². The minimum Gasteiger partial charge on any atom is -0.192 e. The van der Waals surface area contributed by atoms with Crippen LogP contribution < -0.4 is 0 Å². The average Bonchev–Trinajstić information content (AvgIpc) is 2.37. The molecule has 1 rings (SSSR count). The summed E-state index contributed by atoms with van der Waals surface area (Å²) in [6.45, 7) is 4.52. The van der Waals surface area contributed by atoms with Gasteiger partial charge in [-0.15, -0.1) is 0 Å². The summed E-state index contributed by atoms with van der Waals surface area (Å²) in [6.07, 6.45) is 7.71. The van der Waals surface area contributed by atoms with E-state index < -0.39 is 0 Å². The molecule has 0 radical (unpaired) electrons. The number of rotatable bonds is 7. The maximum Gasteiger partial charge on any atom is 0.0991 e. The number of benzene rings is 1. The van der Waals surface area contributed by atoms with Crippen LogP contribution in [-0.4, -0.2) is 0 Å². The zero-order valence-corrected chi connectivity index (χ0v) is 11.1. The first kappa shape index (κ1) is 13.8. The van der Waals surface area contributed by atoms with Crippen molar-refractivity contribution in [2.24, 2.45) is 5.92 Å². The maximum atomic E-state index is 8.76. The van der Waals surface area contributed by atoms with Gasteiger partial charge in [-0.25, -0.2) is 0 Å². The Kier molecular flexibility index (Phi) is 6.40. The first-order chi connectivity index (χ1) is 8.30. The Morgan fingerprint density at radius 2 is 1.76 bits per heavy atom. The molecule has 0 spiro atoms. The molecule has 0 aromatic heterocycles. The summed E-state index contributed by atoms with van der Waals surface area (Å²) >= 11 is 0. The van der Waals surface area contributed by atoms with Gasteiger partial charge < -0.3 is 0 Å². The zero-order valence-electron chi connectivity index (χ0n) is 11.1. The Morgan fingerprint density at radius 3 is 2.29 bits per heavy atom. The highest BCUT2D eigenvalue weighted by molar-refractivity contribution is 5.31. The lowest BCUT2D eigenvalue weighted by molar-refractivity contribution is 0.427. The van der Waals surface area contributed by atoms with Crippen molar-refractivity contribution in [1.29, 1.82) is 5.26 Å². The van der Waals surface area contributed by atoms with Crippen LogP contribution in [0.3, 0.4) is 0 Å². The number of nitriles is 1. The van der Waals surface area contributed by atoms with Crippen LogP contribution in [-0.2, 0) is 6.42 Å². The van der Waals surface area contributed by atoms with Crippen LogP contribution in [0.5, 0.6) is 0 Å². The van der Waals surface area contributed by atoms with Crippen molar-refractivity contribution in [2.45, 2.75) is 52.4 Å². The summed E-state index contributed by atoms with van der Waals surface area (Å²) < 4.78 is 0. The van der Waals surface area contributed by atoms with Crippen molar-refractivity contribution >= 4 is 0 Å². The van der Waals surface area contributed by atoms with Crippen LogP contribution in [0.25, 0.3) is 0 Å². The van der Waals surface area contributed by atoms with Crippen molar-refractivity contribution in [1.82, 2.24) is 0 Å². The molecule has 0 aliphatic heterocycles. The molecule has 1 aromatic rings. The maximum absolute atomic E-state index is 8.76. The van der Waals surface area contributed by atoms with Crippen molar-refractivity contribution in [2.75, 3.05) is 0 Å². The van der Waals surface area contributed by atoms with E-state index >= 15 is 0 Å². The Bertz CT molecular complexity index is 345. The van der Waals surface area contributed by atoms with Gasteiger partial charge in [0.25, 0.3) is 0 Å². The lowest BCUT2D eigenvalue weighted by Crippen LogP contribution is -2.04. The smallest absolute Gasteiger partial charge is 0.0991 e. The van der Waals surface area contributed by atoms with Gasteiger partial charge >= 0.3 is 0 Å². The second kappa shape index (κ2) is 7.90. The molecule has 0 N–H and O–H groups in total. The van der Waals surface area contributed by atoms with E-state index in [1.54, 1.807) is 0 Å². The molecule has 17 heavy (non-hydrogen) atoms. The second-order valence-electron chi connectivity index (χ2n) is 4.81. The number of nitrogens with zero attached hydrogens (tertiary/aromatic N) is 1. The van der Waals surface area contributed by atoms with E-state index in [-0.39, 0.29) is 0 Å². The van der Waals surface area contributed by atoms with E-state index in [1.807, 2.05) is 12.1 Å². The second-order valence-corrected chi connectivity index (χ2v) is 4.81. The van der Waals surface area contributed by atoms with E-state index in [2.05, 4.69) is 32.0 Å². The standard InChI is InChI=1S/C16H23N/c1-3-5-7-14(6-4-2)12-15-8-10-16(13-17)11-9-15/h8-11,14H,3-7,12H2,1-2H3. The van der Waals surface area contributed by atoms with Crippen molar-refractivity contribution in [3.05, 3.63) is 35.4 Å². The molecular weight excluding hydrogens is 206 g/mol. The van der Waals surface area contributed by atoms with Crippen LogP contribution in [0.15, 0.2) is 24.3 Å². The first-order valence-corrected chi connectivity index (χ1v) is 6.79. The molecule has 0 amide bonds. The molecule has 1 heteroatoms. The van der Waals surface area contributed by atoms with Crippen molar-refractivity contribution in [3.63, 3.8) is 0 Å². The zero-order chi connectivity index (χ0) is 12.5. The topological polar surface area (TPSA) is 23.8 Å². The van der Waals surface area contributed by atoms with Gasteiger partial charge in [0.1, 0.15) is 0 Å². The lowest BCUT2D eigenvalue weighted by Gasteiger charge is -2.15. The van der Waals surface area contributed by atoms with Crippen LogP contribution >= 0.6 is 0 Å². The van der Waals surface area contributed by atoms with Gasteiger partial charge in [0.2, 0.25) is 0 Å².